The largest absolute Gasteiger partial charge is 0.467 e. The van der Waals surface area contributed by atoms with E-state index in [1.807, 2.05) is 0 Å². The Morgan fingerprint density at radius 1 is 1.50 bits per heavy atom. The predicted molar refractivity (Wildman–Crippen MR) is 58.4 cm³/mol. The Hall–Kier alpha value is -1.76. The number of nitrogens with zero attached hydrogens (tertiary/aromatic N) is 1. The summed E-state index contributed by atoms with van der Waals surface area (Å²) >= 11 is 0. The highest BCUT2D eigenvalue weighted by molar-refractivity contribution is 5.87. The van der Waals surface area contributed by atoms with Crippen molar-refractivity contribution in [3.63, 3.8) is 0 Å². The van der Waals surface area contributed by atoms with Crippen molar-refractivity contribution < 1.29 is 22.4 Å². The molecule has 1 heterocycles. The summed E-state index contributed by atoms with van der Waals surface area (Å²) < 4.78 is 42.0. The summed E-state index contributed by atoms with van der Waals surface area (Å²) in [6.07, 6.45) is -0.803. The topological polar surface area (TPSA) is 59.5 Å². The van der Waals surface area contributed by atoms with Crippen LogP contribution in [0.1, 0.15) is 5.76 Å². The van der Waals surface area contributed by atoms with E-state index in [1.54, 1.807) is 6.07 Å². The Labute approximate surface area is 102 Å². The van der Waals surface area contributed by atoms with Gasteiger partial charge in [-0.15, -0.1) is 0 Å². The van der Waals surface area contributed by atoms with Gasteiger partial charge in [-0.2, -0.15) is 13.2 Å². The molecule has 4 nitrogen and oxygen atoms in total. The number of hydrogen-bond acceptors (Lipinski definition) is 3. The first kappa shape index (κ1) is 14.3. The van der Waals surface area contributed by atoms with Gasteiger partial charge in [-0.25, -0.2) is 0 Å². The van der Waals surface area contributed by atoms with Crippen LogP contribution in [-0.4, -0.2) is 30.1 Å². The Morgan fingerprint density at radius 2 is 2.22 bits per heavy atom. The second kappa shape index (κ2) is 6.25. The maximum Gasteiger partial charge on any atom is 0.406 e. The van der Waals surface area contributed by atoms with Gasteiger partial charge in [0, 0.05) is 12.6 Å². The molecule has 100 valence electrons. The van der Waals surface area contributed by atoms with Crippen molar-refractivity contribution in [3.05, 3.63) is 36.3 Å². The molecule has 0 aliphatic heterocycles. The molecule has 1 aromatic heterocycles. The Kier molecular flexibility index (Phi) is 4.96. The second-order valence-electron chi connectivity index (χ2n) is 3.53. The molecule has 0 fully saturated rings. The highest BCUT2D eigenvalue weighted by Gasteiger charge is 2.32. The van der Waals surface area contributed by atoms with Crippen molar-refractivity contribution in [1.82, 2.24) is 4.90 Å². The maximum atomic E-state index is 12.3. The summed E-state index contributed by atoms with van der Waals surface area (Å²) in [5.74, 6) is -0.470. The molecule has 2 N–H and O–H groups in total. The third-order valence-electron chi connectivity index (χ3n) is 2.01. The lowest BCUT2D eigenvalue weighted by molar-refractivity contribution is -0.159. The SMILES string of the molecule is NC/C=C/C(=O)N(Cc1ccco1)CC(F)(F)F. The van der Waals surface area contributed by atoms with Crippen LogP contribution in [0.3, 0.4) is 0 Å². The minimum absolute atomic E-state index is 0.0896. The highest BCUT2D eigenvalue weighted by atomic mass is 19.4. The lowest BCUT2D eigenvalue weighted by Gasteiger charge is -2.21. The number of carbonyl (C=O) groups is 1. The molecular formula is C11H13F3N2O2. The molecular weight excluding hydrogens is 249 g/mol. The van der Waals surface area contributed by atoms with Crippen LogP contribution in [0.5, 0.6) is 0 Å². The number of hydrogen-bond donors (Lipinski definition) is 1. The first-order valence-corrected chi connectivity index (χ1v) is 5.17. The van der Waals surface area contributed by atoms with E-state index < -0.39 is 18.6 Å². The number of halogens is 3. The summed E-state index contributed by atoms with van der Waals surface area (Å²) in [4.78, 5) is 12.2. The summed E-state index contributed by atoms with van der Waals surface area (Å²) in [7, 11) is 0. The van der Waals surface area contributed by atoms with E-state index in [1.165, 1.54) is 18.4 Å². The number of alkyl halides is 3. The molecule has 18 heavy (non-hydrogen) atoms. The summed E-state index contributed by atoms with van der Waals surface area (Å²) in [5.41, 5.74) is 5.14. The van der Waals surface area contributed by atoms with Gasteiger partial charge in [0.05, 0.1) is 12.8 Å². The van der Waals surface area contributed by atoms with Crippen molar-refractivity contribution >= 4 is 5.91 Å². The van der Waals surface area contributed by atoms with Gasteiger partial charge in [0.15, 0.2) is 0 Å². The lowest BCUT2D eigenvalue weighted by atomic mass is 10.3. The van der Waals surface area contributed by atoms with E-state index in [4.69, 9.17) is 10.2 Å². The fourth-order valence-corrected chi connectivity index (χ4v) is 1.29. The molecule has 0 radical (unpaired) electrons. The zero-order chi connectivity index (χ0) is 13.6. The Bertz CT molecular complexity index is 399. The fourth-order valence-electron chi connectivity index (χ4n) is 1.29. The molecule has 0 aliphatic rings. The normalized spacial score (nSPS) is 12.0. The Morgan fingerprint density at radius 3 is 2.72 bits per heavy atom. The molecule has 0 saturated carbocycles. The molecule has 1 aromatic rings. The average Bonchev–Trinajstić information content (AvgIpc) is 2.75. The minimum atomic E-state index is -4.46. The van der Waals surface area contributed by atoms with E-state index in [0.29, 0.717) is 4.90 Å². The van der Waals surface area contributed by atoms with Crippen LogP contribution in [0.25, 0.3) is 0 Å². The van der Waals surface area contributed by atoms with E-state index in [0.717, 1.165) is 6.08 Å². The number of carbonyl (C=O) groups excluding carboxylic acids is 1. The van der Waals surface area contributed by atoms with Crippen molar-refractivity contribution in [2.24, 2.45) is 5.73 Å². The van der Waals surface area contributed by atoms with Crippen LogP contribution in [0, 0.1) is 0 Å². The van der Waals surface area contributed by atoms with Gasteiger partial charge in [0.25, 0.3) is 0 Å². The van der Waals surface area contributed by atoms with Crippen molar-refractivity contribution in [3.8, 4) is 0 Å². The molecule has 0 spiro atoms. The molecule has 0 aromatic carbocycles. The van der Waals surface area contributed by atoms with Crippen molar-refractivity contribution in [1.29, 1.82) is 0 Å². The average molecular weight is 262 g/mol. The molecule has 0 aliphatic carbocycles. The minimum Gasteiger partial charge on any atom is -0.467 e. The standard InChI is InChI=1S/C11H13F3N2O2/c12-11(13,14)8-16(10(17)4-1-5-15)7-9-3-2-6-18-9/h1-4,6H,5,7-8,15H2/b4-1+. The molecule has 0 atom stereocenters. The zero-order valence-corrected chi connectivity index (χ0v) is 9.48. The number of nitrogens with two attached hydrogens (primary N) is 1. The van der Waals surface area contributed by atoms with Crippen LogP contribution >= 0.6 is 0 Å². The van der Waals surface area contributed by atoms with Gasteiger partial charge >= 0.3 is 6.18 Å². The van der Waals surface area contributed by atoms with Crippen molar-refractivity contribution in [2.45, 2.75) is 12.7 Å². The fraction of sp³-hybridized carbons (Fsp3) is 0.364. The van der Waals surface area contributed by atoms with Gasteiger partial charge < -0.3 is 15.1 Å². The molecule has 7 heteroatoms. The van der Waals surface area contributed by atoms with Crippen LogP contribution in [0.15, 0.2) is 35.0 Å². The molecule has 0 saturated heterocycles. The van der Waals surface area contributed by atoms with E-state index in [2.05, 4.69) is 0 Å². The van der Waals surface area contributed by atoms with Gasteiger partial charge in [-0.1, -0.05) is 6.08 Å². The maximum absolute atomic E-state index is 12.3. The molecule has 0 unspecified atom stereocenters. The van der Waals surface area contributed by atoms with E-state index >= 15 is 0 Å². The number of rotatable bonds is 5. The van der Waals surface area contributed by atoms with Gasteiger partial charge in [0.1, 0.15) is 12.3 Å². The summed E-state index contributed by atoms with van der Waals surface area (Å²) in [6, 6.07) is 3.05. The second-order valence-corrected chi connectivity index (χ2v) is 3.53. The third kappa shape index (κ3) is 5.05. The molecule has 1 rings (SSSR count). The number of furan rings is 1. The van der Waals surface area contributed by atoms with Crippen molar-refractivity contribution in [2.75, 3.05) is 13.1 Å². The zero-order valence-electron chi connectivity index (χ0n) is 9.48. The molecule has 0 bridgehead atoms. The first-order valence-electron chi connectivity index (χ1n) is 5.17. The van der Waals surface area contributed by atoms with Crippen LogP contribution in [-0.2, 0) is 11.3 Å². The summed E-state index contributed by atoms with van der Waals surface area (Å²) in [5, 5.41) is 0. The first-order chi connectivity index (χ1) is 8.42. The monoisotopic (exact) mass is 262 g/mol. The van der Waals surface area contributed by atoms with Gasteiger partial charge in [0.2, 0.25) is 5.91 Å². The van der Waals surface area contributed by atoms with Crippen LogP contribution in [0.4, 0.5) is 13.2 Å². The van der Waals surface area contributed by atoms with E-state index in [-0.39, 0.29) is 18.8 Å². The van der Waals surface area contributed by atoms with Gasteiger partial charge in [-0.05, 0) is 12.1 Å². The van der Waals surface area contributed by atoms with Gasteiger partial charge in [-0.3, -0.25) is 4.79 Å². The lowest BCUT2D eigenvalue weighted by Crippen LogP contribution is -2.37. The summed E-state index contributed by atoms with van der Waals surface area (Å²) in [6.45, 7) is -1.48. The smallest absolute Gasteiger partial charge is 0.406 e. The predicted octanol–water partition coefficient (Wildman–Crippen LogP) is 1.69. The van der Waals surface area contributed by atoms with Crippen LogP contribution < -0.4 is 5.73 Å². The highest BCUT2D eigenvalue weighted by Crippen LogP contribution is 2.18. The molecule has 1 amide bonds. The van der Waals surface area contributed by atoms with E-state index in [9.17, 15) is 18.0 Å². The van der Waals surface area contributed by atoms with Crippen LogP contribution in [0.2, 0.25) is 0 Å². The quantitative estimate of drug-likeness (QED) is 0.821. The third-order valence-corrected chi connectivity index (χ3v) is 2.01. The Balaban J connectivity index is 2.74. The number of amides is 1.